The predicted octanol–water partition coefficient (Wildman–Crippen LogP) is 4.55. The van der Waals surface area contributed by atoms with Gasteiger partial charge in [0.15, 0.2) is 17.3 Å². The van der Waals surface area contributed by atoms with Gasteiger partial charge in [0.05, 0.1) is 14.2 Å². The Hall–Kier alpha value is -2.92. The average molecular weight is 372 g/mol. The van der Waals surface area contributed by atoms with Gasteiger partial charge in [0.1, 0.15) is 5.76 Å². The lowest BCUT2D eigenvalue weighted by Gasteiger charge is -2.10. The van der Waals surface area contributed by atoms with Crippen LogP contribution in [-0.4, -0.2) is 20.1 Å². The van der Waals surface area contributed by atoms with E-state index in [4.69, 9.17) is 25.5 Å². The number of halogens is 1. The minimum Gasteiger partial charge on any atom is -0.493 e. The number of amides is 1. The van der Waals surface area contributed by atoms with Gasteiger partial charge < -0.3 is 19.2 Å². The molecule has 0 atom stereocenters. The summed E-state index contributed by atoms with van der Waals surface area (Å²) in [5.74, 6) is 1.82. The smallest absolute Gasteiger partial charge is 0.287 e. The van der Waals surface area contributed by atoms with E-state index in [1.807, 2.05) is 24.3 Å². The summed E-state index contributed by atoms with van der Waals surface area (Å²) in [6, 6.07) is 16.1. The molecule has 0 saturated heterocycles. The highest BCUT2D eigenvalue weighted by Gasteiger charge is 2.13. The first-order chi connectivity index (χ1) is 12.6. The summed E-state index contributed by atoms with van der Waals surface area (Å²) in [5, 5.41) is 3.47. The molecular weight excluding hydrogens is 354 g/mol. The van der Waals surface area contributed by atoms with E-state index in [0.29, 0.717) is 28.8 Å². The van der Waals surface area contributed by atoms with Gasteiger partial charge in [-0.2, -0.15) is 0 Å². The van der Waals surface area contributed by atoms with Gasteiger partial charge in [0.25, 0.3) is 5.91 Å². The van der Waals surface area contributed by atoms with Gasteiger partial charge in [-0.1, -0.05) is 17.7 Å². The summed E-state index contributed by atoms with van der Waals surface area (Å²) in [4.78, 5) is 12.3. The highest BCUT2D eigenvalue weighted by molar-refractivity contribution is 6.30. The van der Waals surface area contributed by atoms with Crippen LogP contribution >= 0.6 is 11.6 Å². The number of hydrogen-bond acceptors (Lipinski definition) is 4. The van der Waals surface area contributed by atoms with Gasteiger partial charge in [-0.3, -0.25) is 4.79 Å². The minimum atomic E-state index is -0.292. The Kier molecular flexibility index (Phi) is 5.49. The zero-order chi connectivity index (χ0) is 18.5. The molecule has 0 fully saturated rings. The molecule has 3 rings (SSSR count). The van der Waals surface area contributed by atoms with Crippen LogP contribution < -0.4 is 14.8 Å². The van der Waals surface area contributed by atoms with Crippen LogP contribution in [0.2, 0.25) is 5.02 Å². The van der Waals surface area contributed by atoms with Crippen LogP contribution in [0.1, 0.15) is 16.1 Å². The number of benzene rings is 2. The highest BCUT2D eigenvalue weighted by Crippen LogP contribution is 2.27. The highest BCUT2D eigenvalue weighted by atomic mass is 35.5. The molecule has 0 unspecified atom stereocenters. The monoisotopic (exact) mass is 371 g/mol. The van der Waals surface area contributed by atoms with Crippen molar-refractivity contribution >= 4 is 17.5 Å². The van der Waals surface area contributed by atoms with Gasteiger partial charge >= 0.3 is 0 Å². The van der Waals surface area contributed by atoms with Crippen molar-refractivity contribution in [2.24, 2.45) is 0 Å². The minimum absolute atomic E-state index is 0.246. The Morgan fingerprint density at radius 2 is 1.73 bits per heavy atom. The molecule has 2 aromatic carbocycles. The molecule has 0 saturated carbocycles. The molecule has 26 heavy (non-hydrogen) atoms. The normalized spacial score (nSPS) is 10.4. The Labute approximate surface area is 156 Å². The summed E-state index contributed by atoms with van der Waals surface area (Å²) < 4.78 is 16.1. The zero-order valence-electron chi connectivity index (χ0n) is 14.4. The number of rotatable bonds is 6. The predicted molar refractivity (Wildman–Crippen MR) is 99.9 cm³/mol. The second kappa shape index (κ2) is 7.97. The second-order valence-electron chi connectivity index (χ2n) is 5.54. The molecule has 0 aliphatic carbocycles. The number of carbonyl (C=O) groups excluding carboxylic acids is 1. The van der Waals surface area contributed by atoms with Crippen molar-refractivity contribution in [3.8, 4) is 22.8 Å². The van der Waals surface area contributed by atoms with Crippen molar-refractivity contribution in [2.75, 3.05) is 14.2 Å². The Morgan fingerprint density at radius 3 is 2.42 bits per heavy atom. The van der Waals surface area contributed by atoms with E-state index in [-0.39, 0.29) is 11.7 Å². The van der Waals surface area contributed by atoms with E-state index in [1.165, 1.54) is 0 Å². The van der Waals surface area contributed by atoms with Gasteiger partial charge in [-0.15, -0.1) is 0 Å². The van der Waals surface area contributed by atoms with Crippen LogP contribution in [0.4, 0.5) is 0 Å². The maximum atomic E-state index is 12.3. The fourth-order valence-electron chi connectivity index (χ4n) is 2.49. The molecule has 1 amide bonds. The SMILES string of the molecule is COc1ccc(CNC(=O)c2ccc(-c3ccc(Cl)cc3)o2)cc1OC. The Bertz CT molecular complexity index is 902. The molecule has 0 radical (unpaired) electrons. The number of hydrogen-bond donors (Lipinski definition) is 1. The van der Waals surface area contributed by atoms with Gasteiger partial charge in [0, 0.05) is 17.1 Å². The lowest BCUT2D eigenvalue weighted by molar-refractivity contribution is 0.0924. The third-order valence-electron chi connectivity index (χ3n) is 3.86. The number of ether oxygens (including phenoxy) is 2. The van der Waals surface area contributed by atoms with Crippen molar-refractivity contribution < 1.29 is 18.7 Å². The molecule has 0 aliphatic rings. The van der Waals surface area contributed by atoms with Crippen LogP contribution in [-0.2, 0) is 6.54 Å². The molecule has 5 nitrogen and oxygen atoms in total. The number of furan rings is 1. The topological polar surface area (TPSA) is 60.7 Å². The molecule has 6 heteroatoms. The van der Waals surface area contributed by atoms with Crippen molar-refractivity contribution in [1.29, 1.82) is 0 Å². The molecule has 0 aliphatic heterocycles. The van der Waals surface area contributed by atoms with Crippen LogP contribution in [0.15, 0.2) is 59.0 Å². The van der Waals surface area contributed by atoms with Crippen molar-refractivity contribution in [3.63, 3.8) is 0 Å². The van der Waals surface area contributed by atoms with Gasteiger partial charge in [-0.25, -0.2) is 0 Å². The molecule has 0 spiro atoms. The molecule has 1 heterocycles. The lowest BCUT2D eigenvalue weighted by atomic mass is 10.2. The average Bonchev–Trinajstić information content (AvgIpc) is 3.16. The van der Waals surface area contributed by atoms with E-state index in [1.54, 1.807) is 44.6 Å². The van der Waals surface area contributed by atoms with Crippen LogP contribution in [0, 0.1) is 0 Å². The van der Waals surface area contributed by atoms with E-state index in [0.717, 1.165) is 11.1 Å². The molecule has 0 bridgehead atoms. The van der Waals surface area contributed by atoms with Crippen LogP contribution in [0.5, 0.6) is 11.5 Å². The third-order valence-corrected chi connectivity index (χ3v) is 4.11. The van der Waals surface area contributed by atoms with E-state index < -0.39 is 0 Å². The first-order valence-corrected chi connectivity index (χ1v) is 8.33. The number of carbonyl (C=O) groups is 1. The fourth-order valence-corrected chi connectivity index (χ4v) is 2.62. The van der Waals surface area contributed by atoms with Crippen molar-refractivity contribution in [3.05, 3.63) is 70.9 Å². The van der Waals surface area contributed by atoms with Crippen molar-refractivity contribution in [2.45, 2.75) is 6.54 Å². The van der Waals surface area contributed by atoms with E-state index in [2.05, 4.69) is 5.32 Å². The first-order valence-electron chi connectivity index (χ1n) is 7.95. The summed E-state index contributed by atoms with van der Waals surface area (Å²) in [6.07, 6.45) is 0. The molecule has 3 aromatic rings. The maximum Gasteiger partial charge on any atom is 0.287 e. The van der Waals surface area contributed by atoms with Gasteiger partial charge in [-0.05, 0) is 54.1 Å². The van der Waals surface area contributed by atoms with Crippen molar-refractivity contribution in [1.82, 2.24) is 5.32 Å². The van der Waals surface area contributed by atoms with E-state index >= 15 is 0 Å². The fraction of sp³-hybridized carbons (Fsp3) is 0.150. The standard InChI is InChI=1S/C20H18ClNO4/c1-24-17-8-3-13(11-19(17)25-2)12-22-20(23)18-10-9-16(26-18)14-4-6-15(21)7-5-14/h3-11H,12H2,1-2H3,(H,22,23). The first kappa shape index (κ1) is 17.9. The summed E-state index contributed by atoms with van der Waals surface area (Å²) in [7, 11) is 3.15. The second-order valence-corrected chi connectivity index (χ2v) is 5.98. The Morgan fingerprint density at radius 1 is 1.00 bits per heavy atom. The summed E-state index contributed by atoms with van der Waals surface area (Å²) in [5.41, 5.74) is 1.74. The van der Waals surface area contributed by atoms with E-state index in [9.17, 15) is 4.79 Å². The molecule has 134 valence electrons. The summed E-state index contributed by atoms with van der Waals surface area (Å²) in [6.45, 7) is 0.343. The maximum absolute atomic E-state index is 12.3. The zero-order valence-corrected chi connectivity index (χ0v) is 15.2. The third kappa shape index (κ3) is 4.00. The van der Waals surface area contributed by atoms with Crippen LogP contribution in [0.25, 0.3) is 11.3 Å². The van der Waals surface area contributed by atoms with Crippen LogP contribution in [0.3, 0.4) is 0 Å². The summed E-state index contributed by atoms with van der Waals surface area (Å²) >= 11 is 5.88. The number of methoxy groups -OCH3 is 2. The quantitative estimate of drug-likeness (QED) is 0.690. The molecule has 1 aromatic heterocycles. The van der Waals surface area contributed by atoms with Gasteiger partial charge in [0.2, 0.25) is 0 Å². The molecule has 1 N–H and O–H groups in total. The lowest BCUT2D eigenvalue weighted by Crippen LogP contribution is -2.22. The largest absolute Gasteiger partial charge is 0.493 e. The molecular formula is C20H18ClNO4. The Balaban J connectivity index is 1.66. The number of nitrogens with one attached hydrogen (secondary N) is 1.